The first-order chi connectivity index (χ1) is 12.0. The van der Waals surface area contributed by atoms with Crippen molar-refractivity contribution in [2.75, 3.05) is 0 Å². The number of furan rings is 1. The van der Waals surface area contributed by atoms with Gasteiger partial charge in [-0.3, -0.25) is 9.36 Å². The van der Waals surface area contributed by atoms with Gasteiger partial charge in [-0.1, -0.05) is 12.1 Å². The molecule has 1 N–H and O–H groups in total. The summed E-state index contributed by atoms with van der Waals surface area (Å²) in [5.74, 6) is -0.0715. The first-order valence-electron chi connectivity index (χ1n) is 7.74. The quantitative estimate of drug-likeness (QED) is 0.785. The highest BCUT2D eigenvalue weighted by Gasteiger charge is 2.25. The van der Waals surface area contributed by atoms with E-state index in [1.54, 1.807) is 55.1 Å². The second-order valence-corrected chi connectivity index (χ2v) is 5.66. The van der Waals surface area contributed by atoms with Crippen LogP contribution in [0.1, 0.15) is 40.2 Å². The van der Waals surface area contributed by atoms with Crippen LogP contribution in [0.3, 0.4) is 0 Å². The summed E-state index contributed by atoms with van der Waals surface area (Å²) < 4.78 is 20.3. The van der Waals surface area contributed by atoms with Crippen LogP contribution in [0.25, 0.3) is 5.88 Å². The monoisotopic (exact) mass is 337 g/mol. The zero-order chi connectivity index (χ0) is 18.0. The van der Waals surface area contributed by atoms with Gasteiger partial charge in [0.2, 0.25) is 5.88 Å². The summed E-state index contributed by atoms with van der Waals surface area (Å²) in [6.07, 6.45) is 3.48. The Labute approximate surface area is 144 Å². The zero-order valence-corrected chi connectivity index (χ0v) is 13.8. The third kappa shape index (κ3) is 3.17. The largest absolute Gasteiger partial charge is 0.443 e. The molecule has 3 rings (SSSR count). The molecular formula is C19H16FN3O2. The number of rotatable bonds is 4. The Kier molecular flexibility index (Phi) is 4.40. The molecule has 0 bridgehead atoms. The number of nitrogens with one attached hydrogen (secondary N) is 1. The molecule has 2 heterocycles. The van der Waals surface area contributed by atoms with Gasteiger partial charge in [0.1, 0.15) is 28.8 Å². The van der Waals surface area contributed by atoms with Gasteiger partial charge in [0.25, 0.3) is 5.91 Å². The number of halogens is 1. The van der Waals surface area contributed by atoms with Crippen LogP contribution in [0.5, 0.6) is 0 Å². The molecule has 0 aliphatic heterocycles. The number of aromatic nitrogens is 1. The van der Waals surface area contributed by atoms with E-state index in [4.69, 9.17) is 4.42 Å². The first-order valence-corrected chi connectivity index (χ1v) is 7.74. The van der Waals surface area contributed by atoms with Crippen LogP contribution in [0, 0.1) is 24.1 Å². The molecule has 0 aliphatic carbocycles. The van der Waals surface area contributed by atoms with E-state index in [-0.39, 0.29) is 23.0 Å². The SMILES string of the molecule is Cc1oc(-n2cccc2)c(C#N)c1C(=O)N[C@@H](C)c1ccc(F)cc1. The van der Waals surface area contributed by atoms with Gasteiger partial charge in [-0.25, -0.2) is 4.39 Å². The minimum atomic E-state index is -0.409. The molecule has 126 valence electrons. The van der Waals surface area contributed by atoms with Crippen LogP contribution in [-0.4, -0.2) is 10.5 Å². The number of nitriles is 1. The highest BCUT2D eigenvalue weighted by molar-refractivity contribution is 5.98. The fourth-order valence-corrected chi connectivity index (χ4v) is 2.66. The Morgan fingerprint density at radius 3 is 2.52 bits per heavy atom. The smallest absolute Gasteiger partial charge is 0.256 e. The molecule has 1 aromatic carbocycles. The van der Waals surface area contributed by atoms with Crippen molar-refractivity contribution in [1.82, 2.24) is 9.88 Å². The molecule has 0 saturated heterocycles. The molecule has 1 atom stereocenters. The third-order valence-electron chi connectivity index (χ3n) is 3.96. The summed E-state index contributed by atoms with van der Waals surface area (Å²) in [4.78, 5) is 12.7. The fourth-order valence-electron chi connectivity index (χ4n) is 2.66. The molecule has 2 aromatic heterocycles. The number of nitrogens with zero attached hydrogens (tertiary/aromatic N) is 2. The number of benzene rings is 1. The van der Waals surface area contributed by atoms with E-state index in [0.717, 1.165) is 5.56 Å². The van der Waals surface area contributed by atoms with E-state index in [9.17, 15) is 14.4 Å². The minimum Gasteiger partial charge on any atom is -0.443 e. The van der Waals surface area contributed by atoms with Gasteiger partial charge in [0.15, 0.2) is 0 Å². The number of amides is 1. The molecule has 5 nitrogen and oxygen atoms in total. The van der Waals surface area contributed by atoms with Gasteiger partial charge in [-0.15, -0.1) is 0 Å². The molecule has 6 heteroatoms. The van der Waals surface area contributed by atoms with Crippen molar-refractivity contribution in [3.8, 4) is 12.0 Å². The molecule has 0 fully saturated rings. The topological polar surface area (TPSA) is 71.0 Å². The molecule has 3 aromatic rings. The van der Waals surface area contributed by atoms with E-state index >= 15 is 0 Å². The van der Waals surface area contributed by atoms with Crippen molar-refractivity contribution >= 4 is 5.91 Å². The van der Waals surface area contributed by atoms with E-state index < -0.39 is 5.91 Å². The van der Waals surface area contributed by atoms with Gasteiger partial charge >= 0.3 is 0 Å². The number of hydrogen-bond donors (Lipinski definition) is 1. The number of carbonyl (C=O) groups excluding carboxylic acids is 1. The predicted octanol–water partition coefficient (Wildman–Crippen LogP) is 3.88. The lowest BCUT2D eigenvalue weighted by molar-refractivity contribution is 0.0938. The number of carbonyl (C=O) groups is 1. The highest BCUT2D eigenvalue weighted by atomic mass is 19.1. The minimum absolute atomic E-state index is 0.178. The standard InChI is InChI=1S/C19H16FN3O2/c1-12(14-5-7-15(20)8-6-14)22-18(24)17-13(2)25-19(16(17)11-21)23-9-3-4-10-23/h3-10,12H,1-2H3,(H,22,24)/t12-/m0/s1. The van der Waals surface area contributed by atoms with E-state index in [2.05, 4.69) is 5.32 Å². The second kappa shape index (κ2) is 6.65. The van der Waals surface area contributed by atoms with Crippen molar-refractivity contribution in [2.45, 2.75) is 19.9 Å². The lowest BCUT2D eigenvalue weighted by Crippen LogP contribution is -2.27. The van der Waals surface area contributed by atoms with Gasteiger partial charge in [0, 0.05) is 12.4 Å². The Balaban J connectivity index is 1.90. The average Bonchev–Trinajstić information content (AvgIpc) is 3.22. The first kappa shape index (κ1) is 16.5. The summed E-state index contributed by atoms with van der Waals surface area (Å²) in [6, 6.07) is 11.2. The van der Waals surface area contributed by atoms with Crippen molar-refractivity contribution in [3.63, 3.8) is 0 Å². The van der Waals surface area contributed by atoms with Gasteiger partial charge in [-0.05, 0) is 43.7 Å². The molecule has 1 amide bonds. The zero-order valence-electron chi connectivity index (χ0n) is 13.8. The summed E-state index contributed by atoms with van der Waals surface area (Å²) in [7, 11) is 0. The Hall–Kier alpha value is -3.33. The van der Waals surface area contributed by atoms with Crippen molar-refractivity contribution < 1.29 is 13.6 Å². The third-order valence-corrected chi connectivity index (χ3v) is 3.96. The lowest BCUT2D eigenvalue weighted by Gasteiger charge is -2.14. The Bertz CT molecular complexity index is 934. The normalized spacial score (nSPS) is 11.8. The summed E-state index contributed by atoms with van der Waals surface area (Å²) in [5.41, 5.74) is 1.15. The van der Waals surface area contributed by atoms with E-state index in [1.165, 1.54) is 12.1 Å². The molecule has 25 heavy (non-hydrogen) atoms. The maximum absolute atomic E-state index is 13.0. The molecule has 0 unspecified atom stereocenters. The van der Waals surface area contributed by atoms with Crippen LogP contribution in [-0.2, 0) is 0 Å². The van der Waals surface area contributed by atoms with Gasteiger partial charge < -0.3 is 9.73 Å². The molecule has 0 radical (unpaired) electrons. The second-order valence-electron chi connectivity index (χ2n) is 5.66. The average molecular weight is 337 g/mol. The summed E-state index contributed by atoms with van der Waals surface area (Å²) in [5, 5.41) is 12.3. The van der Waals surface area contributed by atoms with Gasteiger partial charge in [-0.2, -0.15) is 5.26 Å². The molecule has 0 spiro atoms. The van der Waals surface area contributed by atoms with E-state index in [0.29, 0.717) is 11.6 Å². The van der Waals surface area contributed by atoms with Crippen molar-refractivity contribution in [1.29, 1.82) is 5.26 Å². The molecule has 0 saturated carbocycles. The summed E-state index contributed by atoms with van der Waals surface area (Å²) in [6.45, 7) is 3.44. The molecular weight excluding hydrogens is 321 g/mol. The maximum Gasteiger partial charge on any atom is 0.256 e. The number of aryl methyl sites for hydroxylation is 1. The van der Waals surface area contributed by atoms with Crippen molar-refractivity contribution in [3.05, 3.63) is 77.1 Å². The highest BCUT2D eigenvalue weighted by Crippen LogP contribution is 2.26. The van der Waals surface area contributed by atoms with Gasteiger partial charge in [0.05, 0.1) is 6.04 Å². The Morgan fingerprint density at radius 1 is 1.28 bits per heavy atom. The lowest BCUT2D eigenvalue weighted by atomic mass is 10.1. The molecule has 0 aliphatic rings. The van der Waals surface area contributed by atoms with Crippen LogP contribution < -0.4 is 5.32 Å². The number of hydrogen-bond acceptors (Lipinski definition) is 3. The van der Waals surface area contributed by atoms with Crippen LogP contribution >= 0.6 is 0 Å². The fraction of sp³-hybridized carbons (Fsp3) is 0.158. The van der Waals surface area contributed by atoms with Crippen LogP contribution in [0.15, 0.2) is 53.2 Å². The van der Waals surface area contributed by atoms with Crippen molar-refractivity contribution in [2.24, 2.45) is 0 Å². The van der Waals surface area contributed by atoms with E-state index in [1.807, 2.05) is 6.07 Å². The Morgan fingerprint density at radius 2 is 1.92 bits per heavy atom. The summed E-state index contributed by atoms with van der Waals surface area (Å²) >= 11 is 0. The predicted molar refractivity (Wildman–Crippen MR) is 89.8 cm³/mol. The maximum atomic E-state index is 13.0. The van der Waals surface area contributed by atoms with Crippen LogP contribution in [0.2, 0.25) is 0 Å². The van der Waals surface area contributed by atoms with Crippen LogP contribution in [0.4, 0.5) is 4.39 Å².